The Labute approximate surface area is 128 Å². The van der Waals surface area contributed by atoms with Gasteiger partial charge in [-0.1, -0.05) is 24.3 Å². The highest BCUT2D eigenvalue weighted by Gasteiger charge is 2.37. The zero-order valence-corrected chi connectivity index (χ0v) is 12.3. The minimum absolute atomic E-state index is 0.0260. The van der Waals surface area contributed by atoms with Crippen molar-refractivity contribution in [3.8, 4) is 0 Å². The number of aromatic nitrogens is 3. The molecule has 0 spiro atoms. The van der Waals surface area contributed by atoms with Gasteiger partial charge in [-0.15, -0.1) is 0 Å². The van der Waals surface area contributed by atoms with Crippen molar-refractivity contribution in [3.63, 3.8) is 0 Å². The molecular formula is C16H19N5O. The van der Waals surface area contributed by atoms with E-state index in [2.05, 4.69) is 45.0 Å². The zero-order chi connectivity index (χ0) is 14.9. The molecule has 22 heavy (non-hydrogen) atoms. The molecule has 0 bridgehead atoms. The summed E-state index contributed by atoms with van der Waals surface area (Å²) >= 11 is 0. The first-order valence-corrected chi connectivity index (χ1v) is 7.81. The third kappa shape index (κ3) is 2.20. The Morgan fingerprint density at radius 3 is 2.86 bits per heavy atom. The number of rotatable bonds is 3. The van der Waals surface area contributed by atoms with E-state index in [4.69, 9.17) is 0 Å². The number of benzene rings is 1. The number of aryl methyl sites for hydroxylation is 1. The van der Waals surface area contributed by atoms with E-state index in [0.717, 1.165) is 32.4 Å². The Morgan fingerprint density at radius 2 is 2.14 bits per heavy atom. The number of amides is 1. The van der Waals surface area contributed by atoms with Crippen molar-refractivity contribution in [1.82, 2.24) is 25.6 Å². The molecule has 114 valence electrons. The topological polar surface area (TPSA) is 73.9 Å². The van der Waals surface area contributed by atoms with Crippen LogP contribution in [0.25, 0.3) is 0 Å². The lowest BCUT2D eigenvalue weighted by Crippen LogP contribution is -2.60. The number of carbonyl (C=O) groups excluding carboxylic acids is 1. The second kappa shape index (κ2) is 5.53. The highest BCUT2D eigenvalue weighted by atomic mass is 16.2. The van der Waals surface area contributed by atoms with Crippen molar-refractivity contribution < 1.29 is 4.79 Å². The van der Waals surface area contributed by atoms with Gasteiger partial charge < -0.3 is 10.2 Å². The van der Waals surface area contributed by atoms with Crippen LogP contribution >= 0.6 is 0 Å². The van der Waals surface area contributed by atoms with Crippen molar-refractivity contribution in [1.29, 1.82) is 0 Å². The number of aromatic amines is 1. The normalized spacial score (nSPS) is 21.0. The van der Waals surface area contributed by atoms with E-state index in [0.29, 0.717) is 5.69 Å². The van der Waals surface area contributed by atoms with Gasteiger partial charge in [0.25, 0.3) is 5.91 Å². The Balaban J connectivity index is 1.71. The fourth-order valence-electron chi connectivity index (χ4n) is 3.49. The molecule has 0 radical (unpaired) electrons. The van der Waals surface area contributed by atoms with E-state index in [-0.39, 0.29) is 18.0 Å². The van der Waals surface area contributed by atoms with Crippen LogP contribution in [-0.4, -0.2) is 45.3 Å². The van der Waals surface area contributed by atoms with Crippen LogP contribution in [0.15, 0.2) is 30.5 Å². The van der Waals surface area contributed by atoms with Crippen LogP contribution in [0.1, 0.15) is 40.5 Å². The van der Waals surface area contributed by atoms with Gasteiger partial charge in [-0.2, -0.15) is 15.4 Å². The van der Waals surface area contributed by atoms with Gasteiger partial charge >= 0.3 is 0 Å². The van der Waals surface area contributed by atoms with Crippen LogP contribution in [0.4, 0.5) is 0 Å². The van der Waals surface area contributed by atoms with Gasteiger partial charge in [0.15, 0.2) is 5.69 Å². The van der Waals surface area contributed by atoms with Gasteiger partial charge in [-0.25, -0.2) is 0 Å². The molecular weight excluding hydrogens is 278 g/mol. The first kappa shape index (κ1) is 13.5. The second-order valence-electron chi connectivity index (χ2n) is 5.99. The number of carbonyl (C=O) groups is 1. The first-order valence-electron chi connectivity index (χ1n) is 7.81. The average Bonchev–Trinajstić information content (AvgIpc) is 3.04. The van der Waals surface area contributed by atoms with Gasteiger partial charge in [-0.05, 0) is 30.4 Å². The number of H-pyrrole nitrogens is 1. The lowest BCUT2D eigenvalue weighted by molar-refractivity contribution is 0.0448. The molecule has 1 unspecified atom stereocenters. The minimum atomic E-state index is -0.0260. The van der Waals surface area contributed by atoms with Gasteiger partial charge in [-0.3, -0.25) is 4.79 Å². The Kier molecular flexibility index (Phi) is 3.38. The molecule has 1 aliphatic heterocycles. The van der Waals surface area contributed by atoms with Gasteiger partial charge in [0.05, 0.1) is 18.3 Å². The monoisotopic (exact) mass is 297 g/mol. The molecule has 2 aromatic rings. The third-order valence-corrected chi connectivity index (χ3v) is 4.70. The van der Waals surface area contributed by atoms with Crippen LogP contribution < -0.4 is 5.32 Å². The third-order valence-electron chi connectivity index (χ3n) is 4.70. The van der Waals surface area contributed by atoms with Crippen molar-refractivity contribution in [3.05, 3.63) is 47.3 Å². The molecule has 1 aromatic heterocycles. The van der Waals surface area contributed by atoms with Crippen molar-refractivity contribution >= 4 is 5.91 Å². The Hall–Kier alpha value is -2.21. The van der Waals surface area contributed by atoms with Gasteiger partial charge in [0, 0.05) is 13.1 Å². The van der Waals surface area contributed by atoms with E-state index in [9.17, 15) is 4.79 Å². The fraction of sp³-hybridized carbons (Fsp3) is 0.438. The molecule has 1 amide bonds. The van der Waals surface area contributed by atoms with Crippen molar-refractivity contribution in [2.24, 2.45) is 0 Å². The highest BCUT2D eigenvalue weighted by molar-refractivity contribution is 5.92. The molecule has 2 aliphatic rings. The summed E-state index contributed by atoms with van der Waals surface area (Å²) in [5.41, 5.74) is 3.05. The van der Waals surface area contributed by atoms with Crippen LogP contribution in [0.3, 0.4) is 0 Å². The van der Waals surface area contributed by atoms with E-state index in [1.807, 2.05) is 4.90 Å². The Morgan fingerprint density at radius 1 is 1.27 bits per heavy atom. The standard InChI is InChI=1S/C16H19N5O/c22-16(14-10-18-20-19-14)21(12-8-17-9-12)15-7-3-5-11-4-1-2-6-13(11)15/h1-2,4,6,10,12,15,17H,3,5,7-9H2,(H,18,19,20). The molecule has 1 saturated heterocycles. The summed E-state index contributed by atoms with van der Waals surface area (Å²) in [6.45, 7) is 1.70. The van der Waals surface area contributed by atoms with Crippen molar-refractivity contribution in [2.75, 3.05) is 13.1 Å². The van der Waals surface area contributed by atoms with Gasteiger partial charge in [0.2, 0.25) is 0 Å². The van der Waals surface area contributed by atoms with Crippen LogP contribution in [0, 0.1) is 0 Å². The quantitative estimate of drug-likeness (QED) is 0.895. The van der Waals surface area contributed by atoms with E-state index in [1.165, 1.54) is 17.3 Å². The molecule has 6 nitrogen and oxygen atoms in total. The summed E-state index contributed by atoms with van der Waals surface area (Å²) in [6.07, 6.45) is 4.74. The Bertz CT molecular complexity index is 665. The molecule has 1 aromatic carbocycles. The summed E-state index contributed by atoms with van der Waals surface area (Å²) in [4.78, 5) is 14.9. The van der Waals surface area contributed by atoms with E-state index < -0.39 is 0 Å². The minimum Gasteiger partial charge on any atom is -0.325 e. The second-order valence-corrected chi connectivity index (χ2v) is 5.99. The fourth-order valence-corrected chi connectivity index (χ4v) is 3.49. The van der Waals surface area contributed by atoms with Gasteiger partial charge in [0.1, 0.15) is 0 Å². The molecule has 1 fully saturated rings. The van der Waals surface area contributed by atoms with Crippen LogP contribution in [-0.2, 0) is 6.42 Å². The maximum absolute atomic E-state index is 12.9. The van der Waals surface area contributed by atoms with Crippen molar-refractivity contribution in [2.45, 2.75) is 31.3 Å². The summed E-state index contributed by atoms with van der Waals surface area (Å²) in [5, 5.41) is 13.6. The number of nitrogens with one attached hydrogen (secondary N) is 2. The first-order chi connectivity index (χ1) is 10.8. The number of hydrogen-bond donors (Lipinski definition) is 2. The maximum atomic E-state index is 12.9. The largest absolute Gasteiger partial charge is 0.325 e. The average molecular weight is 297 g/mol. The van der Waals surface area contributed by atoms with Crippen LogP contribution in [0.2, 0.25) is 0 Å². The number of fused-ring (bicyclic) bond motifs is 1. The maximum Gasteiger partial charge on any atom is 0.276 e. The van der Waals surface area contributed by atoms with Crippen LogP contribution in [0.5, 0.6) is 0 Å². The predicted molar refractivity (Wildman–Crippen MR) is 81.3 cm³/mol. The summed E-state index contributed by atoms with van der Waals surface area (Å²) in [6, 6.07) is 8.86. The highest BCUT2D eigenvalue weighted by Crippen LogP contribution is 2.36. The lowest BCUT2D eigenvalue weighted by atomic mass is 9.85. The van der Waals surface area contributed by atoms with E-state index >= 15 is 0 Å². The molecule has 6 heteroatoms. The molecule has 2 N–H and O–H groups in total. The smallest absolute Gasteiger partial charge is 0.276 e. The predicted octanol–water partition coefficient (Wildman–Crippen LogP) is 1.30. The summed E-state index contributed by atoms with van der Waals surface area (Å²) < 4.78 is 0. The summed E-state index contributed by atoms with van der Waals surface area (Å²) in [7, 11) is 0. The van der Waals surface area contributed by atoms with E-state index in [1.54, 1.807) is 0 Å². The lowest BCUT2D eigenvalue weighted by Gasteiger charge is -2.44. The molecule has 1 atom stereocenters. The molecule has 4 rings (SSSR count). The summed E-state index contributed by atoms with van der Waals surface area (Å²) in [5.74, 6) is -0.0260. The molecule has 2 heterocycles. The number of hydrogen-bond acceptors (Lipinski definition) is 4. The molecule has 0 saturated carbocycles. The molecule has 1 aliphatic carbocycles. The zero-order valence-electron chi connectivity index (χ0n) is 12.3. The number of nitrogens with zero attached hydrogens (tertiary/aromatic N) is 3. The SMILES string of the molecule is O=C(c1cn[nH]n1)N(C1CNC1)C1CCCc2ccccc21.